The molecule has 224 valence electrons. The number of carbonyl (C=O) groups excluding carboxylic acids is 1. The molecule has 0 rings (SSSR count). The van der Waals surface area contributed by atoms with Crippen molar-refractivity contribution >= 4 is 5.97 Å². The van der Waals surface area contributed by atoms with Crippen LogP contribution in [0.1, 0.15) is 168 Å². The third-order valence-electron chi connectivity index (χ3n) is 7.40. The van der Waals surface area contributed by atoms with Crippen LogP contribution >= 0.6 is 0 Å². The van der Waals surface area contributed by atoms with Crippen molar-refractivity contribution < 1.29 is 9.53 Å². The predicted molar refractivity (Wildman–Crippen MR) is 167 cm³/mol. The standard InChI is InChI=1S/C34H66N2O2/c1-3-5-7-9-10-11-12-13-14-15-16-17-18-19-20-21-22-23-25-29-32(28-24-8-6-4-2)38-34(37)33(36)30-26-27-31-35/h6,8,13-14,32-33H,3-5,7,9-12,15-31,35-36H2,1-2H3/b8-6-,14-13-/t32?,33-/m0/s1. The zero-order chi connectivity index (χ0) is 27.9. The third kappa shape index (κ3) is 26.5. The van der Waals surface area contributed by atoms with Gasteiger partial charge < -0.3 is 16.2 Å². The van der Waals surface area contributed by atoms with Crippen molar-refractivity contribution in [2.75, 3.05) is 6.54 Å². The Hall–Kier alpha value is -1.13. The second-order valence-electron chi connectivity index (χ2n) is 11.2. The molecule has 0 aliphatic heterocycles. The number of nitrogens with two attached hydrogens (primary N) is 2. The van der Waals surface area contributed by atoms with Crippen LogP contribution in [-0.2, 0) is 9.53 Å². The first kappa shape index (κ1) is 36.9. The van der Waals surface area contributed by atoms with Crippen LogP contribution in [0.25, 0.3) is 0 Å². The fourth-order valence-electron chi connectivity index (χ4n) is 4.86. The Morgan fingerprint density at radius 2 is 1.11 bits per heavy atom. The first-order valence-corrected chi connectivity index (χ1v) is 16.6. The van der Waals surface area contributed by atoms with Crippen molar-refractivity contribution in [3.63, 3.8) is 0 Å². The highest BCUT2D eigenvalue weighted by atomic mass is 16.5. The first-order valence-electron chi connectivity index (χ1n) is 16.6. The van der Waals surface area contributed by atoms with E-state index in [0.717, 1.165) is 44.9 Å². The molecular formula is C34H66N2O2. The molecule has 0 heterocycles. The number of ether oxygens (including phenoxy) is 1. The van der Waals surface area contributed by atoms with Crippen LogP contribution < -0.4 is 11.5 Å². The molecule has 38 heavy (non-hydrogen) atoms. The van der Waals surface area contributed by atoms with Crippen molar-refractivity contribution in [3.8, 4) is 0 Å². The van der Waals surface area contributed by atoms with Crippen LogP contribution in [0.15, 0.2) is 24.3 Å². The van der Waals surface area contributed by atoms with E-state index in [1.807, 2.05) is 0 Å². The molecule has 4 nitrogen and oxygen atoms in total. The second-order valence-corrected chi connectivity index (χ2v) is 11.2. The van der Waals surface area contributed by atoms with E-state index in [9.17, 15) is 4.79 Å². The van der Waals surface area contributed by atoms with Crippen molar-refractivity contribution in [2.45, 2.75) is 180 Å². The second kappa shape index (κ2) is 30.4. The Morgan fingerprint density at radius 1 is 0.605 bits per heavy atom. The van der Waals surface area contributed by atoms with Crippen LogP contribution in [0, 0.1) is 0 Å². The smallest absolute Gasteiger partial charge is 0.323 e. The molecule has 2 atom stereocenters. The Morgan fingerprint density at radius 3 is 1.66 bits per heavy atom. The predicted octanol–water partition coefficient (Wildman–Crippen LogP) is 9.70. The van der Waals surface area contributed by atoms with Gasteiger partial charge in [-0.05, 0) is 77.2 Å². The lowest BCUT2D eigenvalue weighted by molar-refractivity contribution is -0.151. The fourth-order valence-corrected chi connectivity index (χ4v) is 4.86. The third-order valence-corrected chi connectivity index (χ3v) is 7.40. The molecule has 0 aromatic carbocycles. The van der Waals surface area contributed by atoms with Crippen LogP contribution in [0.2, 0.25) is 0 Å². The van der Waals surface area contributed by atoms with E-state index in [4.69, 9.17) is 16.2 Å². The highest BCUT2D eigenvalue weighted by Gasteiger charge is 2.19. The molecule has 0 bridgehead atoms. The van der Waals surface area contributed by atoms with Gasteiger partial charge in [0.25, 0.3) is 0 Å². The Kier molecular flexibility index (Phi) is 29.5. The van der Waals surface area contributed by atoms with Gasteiger partial charge >= 0.3 is 5.97 Å². The molecule has 0 spiro atoms. The first-order chi connectivity index (χ1) is 18.7. The molecule has 0 aliphatic carbocycles. The minimum Gasteiger partial charge on any atom is -0.461 e. The summed E-state index contributed by atoms with van der Waals surface area (Å²) in [6.45, 7) is 5.07. The summed E-state index contributed by atoms with van der Waals surface area (Å²) in [7, 11) is 0. The van der Waals surface area contributed by atoms with Crippen molar-refractivity contribution in [1.82, 2.24) is 0 Å². The SMILES string of the molecule is CC/C=C\CCC(CCCCCCCCCCC/C=C\CCCCCCCC)OC(=O)[C@@H](N)CCCCN. The topological polar surface area (TPSA) is 78.3 Å². The maximum atomic E-state index is 12.4. The fraction of sp³-hybridized carbons (Fsp3) is 0.853. The molecule has 0 aliphatic rings. The molecule has 0 aromatic heterocycles. The number of carbonyl (C=O) groups is 1. The lowest BCUT2D eigenvalue weighted by Gasteiger charge is -2.20. The van der Waals surface area contributed by atoms with Crippen LogP contribution in [0.5, 0.6) is 0 Å². The molecule has 0 fully saturated rings. The maximum Gasteiger partial charge on any atom is 0.323 e. The lowest BCUT2D eigenvalue weighted by atomic mass is 10.0. The number of hydrogen-bond acceptors (Lipinski definition) is 4. The summed E-state index contributed by atoms with van der Waals surface area (Å²) in [5.74, 6) is -0.236. The molecule has 0 amide bonds. The van der Waals surface area contributed by atoms with Gasteiger partial charge in [-0.2, -0.15) is 0 Å². The van der Waals surface area contributed by atoms with E-state index < -0.39 is 6.04 Å². The molecule has 1 unspecified atom stereocenters. The summed E-state index contributed by atoms with van der Waals surface area (Å²) in [5.41, 5.74) is 11.6. The zero-order valence-electron chi connectivity index (χ0n) is 25.6. The molecule has 4 N–H and O–H groups in total. The molecule has 0 aromatic rings. The zero-order valence-corrected chi connectivity index (χ0v) is 25.6. The van der Waals surface area contributed by atoms with Crippen LogP contribution in [-0.4, -0.2) is 24.7 Å². The van der Waals surface area contributed by atoms with Gasteiger partial charge in [-0.15, -0.1) is 0 Å². The summed E-state index contributed by atoms with van der Waals surface area (Å²) >= 11 is 0. The summed E-state index contributed by atoms with van der Waals surface area (Å²) in [5, 5.41) is 0. The van der Waals surface area contributed by atoms with Gasteiger partial charge in [0.1, 0.15) is 12.1 Å². The number of unbranched alkanes of at least 4 members (excludes halogenated alkanes) is 16. The average molecular weight is 535 g/mol. The van der Waals surface area contributed by atoms with Crippen LogP contribution in [0.3, 0.4) is 0 Å². The Balaban J connectivity index is 3.79. The molecule has 0 radical (unpaired) electrons. The van der Waals surface area contributed by atoms with Crippen LogP contribution in [0.4, 0.5) is 0 Å². The maximum absolute atomic E-state index is 12.4. The summed E-state index contributed by atoms with van der Waals surface area (Å²) < 4.78 is 5.83. The van der Waals surface area contributed by atoms with E-state index in [1.54, 1.807) is 0 Å². The largest absolute Gasteiger partial charge is 0.461 e. The Bertz CT molecular complexity index is 547. The monoisotopic (exact) mass is 535 g/mol. The van der Waals surface area contributed by atoms with Gasteiger partial charge in [-0.3, -0.25) is 4.79 Å². The molecule has 4 heteroatoms. The van der Waals surface area contributed by atoms with Crippen molar-refractivity contribution in [1.29, 1.82) is 0 Å². The van der Waals surface area contributed by atoms with Gasteiger partial charge in [-0.1, -0.05) is 122 Å². The van der Waals surface area contributed by atoms with E-state index in [0.29, 0.717) is 13.0 Å². The van der Waals surface area contributed by atoms with E-state index in [-0.39, 0.29) is 12.1 Å². The highest BCUT2D eigenvalue weighted by molar-refractivity contribution is 5.75. The molecular weight excluding hydrogens is 468 g/mol. The van der Waals surface area contributed by atoms with Gasteiger partial charge in [0.15, 0.2) is 0 Å². The number of allylic oxidation sites excluding steroid dienone is 4. The van der Waals surface area contributed by atoms with Gasteiger partial charge in [0.2, 0.25) is 0 Å². The van der Waals surface area contributed by atoms with E-state index >= 15 is 0 Å². The lowest BCUT2D eigenvalue weighted by Crippen LogP contribution is -2.35. The number of esters is 1. The quantitative estimate of drug-likeness (QED) is 0.0568. The summed E-state index contributed by atoms with van der Waals surface area (Å²) in [4.78, 5) is 12.4. The molecule has 0 saturated heterocycles. The van der Waals surface area contributed by atoms with Gasteiger partial charge in [0, 0.05) is 0 Å². The van der Waals surface area contributed by atoms with E-state index in [2.05, 4.69) is 38.2 Å². The highest BCUT2D eigenvalue weighted by Crippen LogP contribution is 2.17. The normalized spacial score (nSPS) is 13.5. The summed E-state index contributed by atoms with van der Waals surface area (Å²) in [6, 6.07) is -0.517. The van der Waals surface area contributed by atoms with Crippen molar-refractivity contribution in [3.05, 3.63) is 24.3 Å². The number of hydrogen-bond donors (Lipinski definition) is 2. The van der Waals surface area contributed by atoms with Gasteiger partial charge in [0.05, 0.1) is 0 Å². The number of rotatable bonds is 29. The average Bonchev–Trinajstić information content (AvgIpc) is 2.92. The minimum absolute atomic E-state index is 0.00981. The van der Waals surface area contributed by atoms with Gasteiger partial charge in [-0.25, -0.2) is 0 Å². The Labute approximate surface area is 237 Å². The minimum atomic E-state index is -0.517. The van der Waals surface area contributed by atoms with E-state index in [1.165, 1.54) is 103 Å². The molecule has 0 saturated carbocycles. The summed E-state index contributed by atoms with van der Waals surface area (Å²) in [6.07, 6.45) is 38.2. The van der Waals surface area contributed by atoms with Crippen molar-refractivity contribution in [2.24, 2.45) is 11.5 Å².